The number of carbonyl (C=O) groups excluding carboxylic acids is 1. The summed E-state index contributed by atoms with van der Waals surface area (Å²) in [5.41, 5.74) is -1.50. The minimum absolute atomic E-state index is 0.204. The number of aryl methyl sites for hydroxylation is 2. The molecule has 3 aromatic rings. The summed E-state index contributed by atoms with van der Waals surface area (Å²) in [4.78, 5) is 15.8. The fourth-order valence-electron chi connectivity index (χ4n) is 3.37. The molecule has 1 aliphatic rings. The van der Waals surface area contributed by atoms with Crippen LogP contribution in [0.4, 0.5) is 26.3 Å². The summed E-state index contributed by atoms with van der Waals surface area (Å²) in [6, 6.07) is 3.89. The van der Waals surface area contributed by atoms with Gasteiger partial charge in [-0.25, -0.2) is 0 Å². The number of fused-ring (bicyclic) bond motifs is 1. The Morgan fingerprint density at radius 1 is 1.06 bits per heavy atom. The SMILES string of the molecule is Cn1nc(C(F)(F)F)cc1C(=O)N[C@H]1CCn2nc(-c3ccnc(C(F)(F)F)c3)cc21. The largest absolute Gasteiger partial charge is 0.435 e. The van der Waals surface area contributed by atoms with Gasteiger partial charge in [0.05, 0.1) is 17.4 Å². The third kappa shape index (κ3) is 3.99. The van der Waals surface area contributed by atoms with Crippen LogP contribution in [0.25, 0.3) is 11.3 Å². The van der Waals surface area contributed by atoms with Crippen LogP contribution in [0.2, 0.25) is 0 Å². The highest BCUT2D eigenvalue weighted by atomic mass is 19.4. The molecule has 0 bridgehead atoms. The zero-order chi connectivity index (χ0) is 22.6. The van der Waals surface area contributed by atoms with E-state index in [1.54, 1.807) is 4.68 Å². The number of hydrogen-bond donors (Lipinski definition) is 1. The number of amides is 1. The van der Waals surface area contributed by atoms with E-state index in [0.29, 0.717) is 24.7 Å². The number of alkyl halides is 6. The second kappa shape index (κ2) is 7.10. The maximum Gasteiger partial charge on any atom is 0.435 e. The van der Waals surface area contributed by atoms with Gasteiger partial charge >= 0.3 is 12.4 Å². The Kier molecular flexibility index (Phi) is 4.78. The molecule has 0 fully saturated rings. The predicted octanol–water partition coefficient (Wildman–Crippen LogP) is 3.59. The van der Waals surface area contributed by atoms with E-state index in [2.05, 4.69) is 20.5 Å². The van der Waals surface area contributed by atoms with E-state index in [-0.39, 0.29) is 17.0 Å². The Morgan fingerprint density at radius 2 is 1.77 bits per heavy atom. The van der Waals surface area contributed by atoms with Crippen LogP contribution in [0, 0.1) is 0 Å². The molecule has 13 heteroatoms. The zero-order valence-electron chi connectivity index (χ0n) is 15.8. The van der Waals surface area contributed by atoms with E-state index < -0.39 is 35.7 Å². The van der Waals surface area contributed by atoms with Crippen molar-refractivity contribution in [3.05, 3.63) is 53.2 Å². The van der Waals surface area contributed by atoms with Gasteiger partial charge in [-0.05, 0) is 24.6 Å². The first-order chi connectivity index (χ1) is 14.4. The first kappa shape index (κ1) is 20.9. The number of nitrogens with zero attached hydrogens (tertiary/aromatic N) is 5. The van der Waals surface area contributed by atoms with Gasteiger partial charge in [-0.3, -0.25) is 19.1 Å². The second-order valence-electron chi connectivity index (χ2n) is 6.96. The van der Waals surface area contributed by atoms with Gasteiger partial charge in [0, 0.05) is 31.4 Å². The van der Waals surface area contributed by atoms with Crippen molar-refractivity contribution in [2.45, 2.75) is 31.4 Å². The minimum Gasteiger partial charge on any atom is -0.342 e. The van der Waals surface area contributed by atoms with E-state index in [4.69, 9.17) is 0 Å². The van der Waals surface area contributed by atoms with Crippen molar-refractivity contribution in [3.63, 3.8) is 0 Å². The molecule has 0 aromatic carbocycles. The molecule has 164 valence electrons. The van der Waals surface area contributed by atoms with Crippen LogP contribution in [0.3, 0.4) is 0 Å². The number of nitrogens with one attached hydrogen (secondary N) is 1. The van der Waals surface area contributed by atoms with Crippen LogP contribution >= 0.6 is 0 Å². The Bertz CT molecular complexity index is 1150. The van der Waals surface area contributed by atoms with Crippen molar-refractivity contribution >= 4 is 5.91 Å². The molecule has 1 aliphatic heterocycles. The van der Waals surface area contributed by atoms with Crippen molar-refractivity contribution in [1.29, 1.82) is 0 Å². The van der Waals surface area contributed by atoms with Gasteiger partial charge in [-0.2, -0.15) is 36.5 Å². The highest BCUT2D eigenvalue weighted by Gasteiger charge is 2.36. The molecule has 7 nitrogen and oxygen atoms in total. The summed E-state index contributed by atoms with van der Waals surface area (Å²) < 4.78 is 79.6. The van der Waals surface area contributed by atoms with E-state index in [1.165, 1.54) is 19.2 Å². The lowest BCUT2D eigenvalue weighted by Crippen LogP contribution is -2.28. The normalized spacial score (nSPS) is 16.4. The number of carbonyl (C=O) groups is 1. The molecule has 4 heterocycles. The number of halogens is 6. The van der Waals surface area contributed by atoms with E-state index >= 15 is 0 Å². The molecule has 1 N–H and O–H groups in total. The van der Waals surface area contributed by atoms with Crippen LogP contribution < -0.4 is 5.32 Å². The van der Waals surface area contributed by atoms with Crippen LogP contribution in [-0.4, -0.2) is 30.5 Å². The Hall–Kier alpha value is -3.38. The summed E-state index contributed by atoms with van der Waals surface area (Å²) in [5.74, 6) is -0.755. The molecule has 1 atom stereocenters. The standard InChI is InChI=1S/C18H14F6N6O/c1-29-13(8-15(28-29)18(22,23)24)16(31)26-10-3-5-30-12(10)7-11(27-30)9-2-4-25-14(6-9)17(19,20)21/h2,4,6-8,10H,3,5H2,1H3,(H,26,31)/t10-/m0/s1. The van der Waals surface area contributed by atoms with Gasteiger partial charge in [0.25, 0.3) is 5.91 Å². The molecule has 0 aliphatic carbocycles. The molecule has 0 saturated heterocycles. The van der Waals surface area contributed by atoms with Gasteiger partial charge in [-0.1, -0.05) is 0 Å². The lowest BCUT2D eigenvalue weighted by atomic mass is 10.1. The van der Waals surface area contributed by atoms with Crippen molar-refractivity contribution < 1.29 is 31.1 Å². The monoisotopic (exact) mass is 444 g/mol. The van der Waals surface area contributed by atoms with Crippen molar-refractivity contribution in [2.24, 2.45) is 7.05 Å². The van der Waals surface area contributed by atoms with E-state index in [1.807, 2.05) is 0 Å². The summed E-state index contributed by atoms with van der Waals surface area (Å²) in [7, 11) is 1.23. The van der Waals surface area contributed by atoms with Gasteiger partial charge in [0.2, 0.25) is 0 Å². The third-order valence-electron chi connectivity index (χ3n) is 4.85. The maximum absolute atomic E-state index is 12.9. The quantitative estimate of drug-likeness (QED) is 0.627. The summed E-state index contributed by atoms with van der Waals surface area (Å²) >= 11 is 0. The van der Waals surface area contributed by atoms with Crippen molar-refractivity contribution in [3.8, 4) is 11.3 Å². The maximum atomic E-state index is 12.9. The summed E-state index contributed by atoms with van der Waals surface area (Å²) in [6.07, 6.45) is -7.82. The number of rotatable bonds is 3. The molecule has 0 unspecified atom stereocenters. The smallest absolute Gasteiger partial charge is 0.342 e. The highest BCUT2D eigenvalue weighted by Crippen LogP contribution is 2.33. The highest BCUT2D eigenvalue weighted by molar-refractivity contribution is 5.93. The average Bonchev–Trinajstić information content (AvgIpc) is 3.36. The van der Waals surface area contributed by atoms with Gasteiger partial charge in [-0.15, -0.1) is 0 Å². The fourth-order valence-corrected chi connectivity index (χ4v) is 3.37. The first-order valence-electron chi connectivity index (χ1n) is 8.97. The van der Waals surface area contributed by atoms with Crippen molar-refractivity contribution in [2.75, 3.05) is 0 Å². The minimum atomic E-state index is -4.68. The van der Waals surface area contributed by atoms with Crippen LogP contribution in [0.15, 0.2) is 30.5 Å². The van der Waals surface area contributed by atoms with E-state index in [0.717, 1.165) is 16.9 Å². The van der Waals surface area contributed by atoms with Crippen LogP contribution in [0.5, 0.6) is 0 Å². The molecule has 3 aromatic heterocycles. The Labute approximate surface area is 170 Å². The second-order valence-corrected chi connectivity index (χ2v) is 6.96. The predicted molar refractivity (Wildman–Crippen MR) is 93.5 cm³/mol. The molecule has 1 amide bonds. The molecule has 0 saturated carbocycles. The van der Waals surface area contributed by atoms with Gasteiger partial charge in [0.15, 0.2) is 5.69 Å². The Balaban J connectivity index is 1.56. The third-order valence-corrected chi connectivity index (χ3v) is 4.85. The van der Waals surface area contributed by atoms with Crippen molar-refractivity contribution in [1.82, 2.24) is 29.9 Å². The topological polar surface area (TPSA) is 77.6 Å². The lowest BCUT2D eigenvalue weighted by Gasteiger charge is -2.11. The molecule has 0 radical (unpaired) electrons. The molecular formula is C18H14F6N6O. The summed E-state index contributed by atoms with van der Waals surface area (Å²) in [5, 5.41) is 10.2. The number of pyridine rings is 1. The average molecular weight is 444 g/mol. The molecule has 0 spiro atoms. The van der Waals surface area contributed by atoms with E-state index in [9.17, 15) is 31.1 Å². The molecule has 31 heavy (non-hydrogen) atoms. The zero-order valence-corrected chi connectivity index (χ0v) is 15.8. The molecule has 4 rings (SSSR count). The summed E-state index contributed by atoms with van der Waals surface area (Å²) in [6.45, 7) is 0.386. The fraction of sp³-hybridized carbons (Fsp3) is 0.333. The lowest BCUT2D eigenvalue weighted by molar-refractivity contribution is -0.142. The van der Waals surface area contributed by atoms with Crippen LogP contribution in [-0.2, 0) is 25.9 Å². The number of aromatic nitrogens is 5. The first-order valence-corrected chi connectivity index (χ1v) is 8.97. The van der Waals surface area contributed by atoms with Gasteiger partial charge in [0.1, 0.15) is 11.4 Å². The van der Waals surface area contributed by atoms with Crippen LogP contribution in [0.1, 0.15) is 40.0 Å². The number of hydrogen-bond acceptors (Lipinski definition) is 4. The van der Waals surface area contributed by atoms with Gasteiger partial charge < -0.3 is 5.32 Å². The molecular weight excluding hydrogens is 430 g/mol. The Morgan fingerprint density at radius 3 is 2.42 bits per heavy atom.